The zero-order valence-electron chi connectivity index (χ0n) is 14.3. The molecule has 1 saturated heterocycles. The molecule has 0 aliphatic carbocycles. The van der Waals surface area contributed by atoms with Crippen molar-refractivity contribution in [2.24, 2.45) is 0 Å². The van der Waals surface area contributed by atoms with Gasteiger partial charge in [-0.25, -0.2) is 4.79 Å². The number of carboxylic acids is 1. The summed E-state index contributed by atoms with van der Waals surface area (Å²) in [4.78, 5) is 11.3. The first-order valence-electron chi connectivity index (χ1n) is 9.17. The van der Waals surface area contributed by atoms with E-state index in [0.717, 1.165) is 30.4 Å². The van der Waals surface area contributed by atoms with Crippen LogP contribution in [0.1, 0.15) is 84.0 Å². The maximum absolute atomic E-state index is 11.3. The smallest absolute Gasteiger partial charge is 0.362 e. The summed E-state index contributed by atoms with van der Waals surface area (Å²) in [5.41, 5.74) is 0. The van der Waals surface area contributed by atoms with E-state index < -0.39 is 5.97 Å². The molecule has 0 saturated carbocycles. The third-order valence-electron chi connectivity index (χ3n) is 5.21. The molecule has 0 amide bonds. The van der Waals surface area contributed by atoms with Crippen molar-refractivity contribution < 1.29 is 14.4 Å². The Morgan fingerprint density at radius 1 is 1.00 bits per heavy atom. The Bertz CT molecular complexity index is 293. The van der Waals surface area contributed by atoms with E-state index >= 15 is 0 Å². The van der Waals surface area contributed by atoms with Crippen molar-refractivity contribution in [2.75, 3.05) is 20.1 Å². The van der Waals surface area contributed by atoms with Crippen molar-refractivity contribution in [3.8, 4) is 0 Å². The zero-order valence-corrected chi connectivity index (χ0v) is 14.3. The highest BCUT2D eigenvalue weighted by molar-refractivity contribution is 5.72. The first kappa shape index (κ1) is 18.5. The van der Waals surface area contributed by atoms with Gasteiger partial charge in [0.15, 0.2) is 6.04 Å². The molecule has 0 radical (unpaired) electrons. The number of carbonyl (C=O) groups is 1. The average molecular weight is 298 g/mol. The Hall–Kier alpha value is -0.570. The molecule has 0 bridgehead atoms. The molecule has 2 atom stereocenters. The van der Waals surface area contributed by atoms with Crippen molar-refractivity contribution >= 4 is 5.97 Å². The minimum Gasteiger partial charge on any atom is -0.477 e. The molecule has 1 N–H and O–H groups in total. The van der Waals surface area contributed by atoms with E-state index in [2.05, 4.69) is 14.0 Å². The van der Waals surface area contributed by atoms with Gasteiger partial charge in [-0.3, -0.25) is 0 Å². The van der Waals surface area contributed by atoms with E-state index in [-0.39, 0.29) is 6.04 Å². The first-order chi connectivity index (χ1) is 10.1. The molecule has 124 valence electrons. The second-order valence-electron chi connectivity index (χ2n) is 7.10. The predicted octanol–water partition coefficient (Wildman–Crippen LogP) is 4.60. The van der Waals surface area contributed by atoms with Gasteiger partial charge < -0.3 is 9.59 Å². The van der Waals surface area contributed by atoms with Crippen molar-refractivity contribution in [1.82, 2.24) is 0 Å². The molecule has 1 aliphatic heterocycles. The van der Waals surface area contributed by atoms with Gasteiger partial charge in [-0.1, -0.05) is 58.3 Å². The van der Waals surface area contributed by atoms with E-state index in [0.29, 0.717) is 0 Å². The molecule has 1 rings (SSSR count). The number of likely N-dealkylation sites (tertiary alicyclic amines) is 1. The SMILES string of the molecule is CCCCCCCCCCCC[N+]1(C)CCCC1C(=O)O. The Labute approximate surface area is 131 Å². The van der Waals surface area contributed by atoms with E-state index in [4.69, 9.17) is 0 Å². The van der Waals surface area contributed by atoms with Crippen LogP contribution in [-0.2, 0) is 4.79 Å². The summed E-state index contributed by atoms with van der Waals surface area (Å²) in [5.74, 6) is -0.595. The van der Waals surface area contributed by atoms with Crippen LogP contribution in [0.2, 0.25) is 0 Å². The summed E-state index contributed by atoms with van der Waals surface area (Å²) in [6, 6.07) is -0.149. The molecule has 21 heavy (non-hydrogen) atoms. The standard InChI is InChI=1S/C18H35NO2/c1-3-4-5-6-7-8-9-10-11-12-15-19(2)16-13-14-17(19)18(20)21/h17H,3-16H2,1-2H3/p+1. The molecule has 1 fully saturated rings. The maximum Gasteiger partial charge on any atom is 0.362 e. The monoisotopic (exact) mass is 298 g/mol. The number of nitrogens with zero attached hydrogens (tertiary/aromatic N) is 1. The zero-order chi connectivity index (χ0) is 15.6. The molecular weight excluding hydrogens is 262 g/mol. The van der Waals surface area contributed by atoms with Crippen molar-refractivity contribution in [3.63, 3.8) is 0 Å². The molecule has 3 heteroatoms. The third kappa shape index (κ3) is 6.82. The number of quaternary nitrogens is 1. The highest BCUT2D eigenvalue weighted by Gasteiger charge is 2.42. The lowest BCUT2D eigenvalue weighted by atomic mass is 10.1. The second kappa shape index (κ2) is 10.2. The van der Waals surface area contributed by atoms with Crippen LogP contribution in [0, 0.1) is 0 Å². The summed E-state index contributed by atoms with van der Waals surface area (Å²) < 4.78 is 0.770. The Kier molecular flexibility index (Phi) is 8.98. The van der Waals surface area contributed by atoms with Crippen LogP contribution < -0.4 is 0 Å². The lowest BCUT2D eigenvalue weighted by Gasteiger charge is -2.33. The number of likely N-dealkylation sites (N-methyl/N-ethyl adjacent to an activating group) is 1. The first-order valence-corrected chi connectivity index (χ1v) is 9.17. The lowest BCUT2D eigenvalue weighted by molar-refractivity contribution is -0.913. The number of hydrogen-bond donors (Lipinski definition) is 1. The van der Waals surface area contributed by atoms with Crippen LogP contribution >= 0.6 is 0 Å². The van der Waals surface area contributed by atoms with Gasteiger partial charge >= 0.3 is 5.97 Å². The van der Waals surface area contributed by atoms with E-state index in [1.165, 1.54) is 64.2 Å². The fraction of sp³-hybridized carbons (Fsp3) is 0.944. The summed E-state index contributed by atoms with van der Waals surface area (Å²) in [6.45, 7) is 4.36. The molecule has 1 heterocycles. The molecule has 0 aromatic heterocycles. The van der Waals surface area contributed by atoms with Gasteiger partial charge in [-0.15, -0.1) is 0 Å². The topological polar surface area (TPSA) is 37.3 Å². The fourth-order valence-electron chi connectivity index (χ4n) is 3.73. The van der Waals surface area contributed by atoms with Crippen LogP contribution in [0.3, 0.4) is 0 Å². The largest absolute Gasteiger partial charge is 0.477 e. The molecule has 3 nitrogen and oxygen atoms in total. The van der Waals surface area contributed by atoms with Gasteiger partial charge in [0.1, 0.15) is 0 Å². The Morgan fingerprint density at radius 2 is 1.52 bits per heavy atom. The quantitative estimate of drug-likeness (QED) is 0.422. The lowest BCUT2D eigenvalue weighted by Crippen LogP contribution is -2.52. The summed E-state index contributed by atoms with van der Waals surface area (Å²) >= 11 is 0. The van der Waals surface area contributed by atoms with E-state index in [1.54, 1.807) is 0 Å². The number of rotatable bonds is 12. The molecule has 2 unspecified atom stereocenters. The van der Waals surface area contributed by atoms with Gasteiger partial charge in [0.2, 0.25) is 0 Å². The van der Waals surface area contributed by atoms with Gasteiger partial charge in [-0.05, 0) is 12.8 Å². The third-order valence-corrected chi connectivity index (χ3v) is 5.21. The van der Waals surface area contributed by atoms with E-state index in [9.17, 15) is 9.90 Å². The van der Waals surface area contributed by atoms with Crippen LogP contribution in [0.15, 0.2) is 0 Å². The summed E-state index contributed by atoms with van der Waals surface area (Å²) in [6.07, 6.45) is 15.4. The fourth-order valence-corrected chi connectivity index (χ4v) is 3.73. The van der Waals surface area contributed by atoms with Gasteiger partial charge in [-0.2, -0.15) is 0 Å². The van der Waals surface area contributed by atoms with Crippen LogP contribution in [0.4, 0.5) is 0 Å². The molecule has 0 aromatic rings. The van der Waals surface area contributed by atoms with Gasteiger partial charge in [0.25, 0.3) is 0 Å². The second-order valence-corrected chi connectivity index (χ2v) is 7.10. The number of hydrogen-bond acceptors (Lipinski definition) is 1. The van der Waals surface area contributed by atoms with Gasteiger partial charge in [0.05, 0.1) is 20.1 Å². The maximum atomic E-state index is 11.3. The van der Waals surface area contributed by atoms with Crippen LogP contribution in [0.5, 0.6) is 0 Å². The Morgan fingerprint density at radius 3 is 2.05 bits per heavy atom. The minimum atomic E-state index is -0.595. The molecule has 0 aromatic carbocycles. The normalized spacial score (nSPS) is 25.3. The van der Waals surface area contributed by atoms with E-state index in [1.807, 2.05) is 0 Å². The summed E-state index contributed by atoms with van der Waals surface area (Å²) in [7, 11) is 2.14. The highest BCUT2D eigenvalue weighted by Crippen LogP contribution is 2.26. The summed E-state index contributed by atoms with van der Waals surface area (Å²) in [5, 5.41) is 9.29. The Balaban J connectivity index is 2.00. The van der Waals surface area contributed by atoms with Crippen molar-refractivity contribution in [1.29, 1.82) is 0 Å². The van der Waals surface area contributed by atoms with Crippen molar-refractivity contribution in [2.45, 2.75) is 90.0 Å². The molecule has 0 spiro atoms. The van der Waals surface area contributed by atoms with Crippen LogP contribution in [0.25, 0.3) is 0 Å². The average Bonchev–Trinajstić information content (AvgIpc) is 2.83. The number of unbranched alkanes of at least 4 members (excludes halogenated alkanes) is 9. The predicted molar refractivity (Wildman–Crippen MR) is 88.4 cm³/mol. The number of aliphatic carboxylic acids is 1. The minimum absolute atomic E-state index is 0.149. The van der Waals surface area contributed by atoms with Crippen molar-refractivity contribution in [3.05, 3.63) is 0 Å². The highest BCUT2D eigenvalue weighted by atomic mass is 16.4. The molecular formula is C18H36NO2+. The van der Waals surface area contributed by atoms with Gasteiger partial charge in [0, 0.05) is 12.8 Å². The number of carboxylic acid groups (broad SMARTS) is 1. The van der Waals surface area contributed by atoms with Crippen LogP contribution in [-0.4, -0.2) is 41.7 Å². The molecule has 1 aliphatic rings.